The van der Waals surface area contributed by atoms with E-state index in [9.17, 15) is 4.79 Å². The number of hydrogen-bond donors (Lipinski definition) is 1. The summed E-state index contributed by atoms with van der Waals surface area (Å²) in [6.07, 6.45) is 2.23. The van der Waals surface area contributed by atoms with Crippen LogP contribution in [0.25, 0.3) is 0 Å². The third-order valence-electron chi connectivity index (χ3n) is 3.02. The molecule has 3 nitrogen and oxygen atoms in total. The average molecular weight is 276 g/mol. The van der Waals surface area contributed by atoms with Crippen LogP contribution in [0.5, 0.6) is 0 Å². The minimum Gasteiger partial charge on any atom is -0.393 e. The molecule has 0 aliphatic carbocycles. The van der Waals surface area contributed by atoms with Crippen molar-refractivity contribution in [2.75, 3.05) is 13.1 Å². The molecule has 0 heterocycles. The lowest BCUT2D eigenvalue weighted by Gasteiger charge is -2.21. The minimum atomic E-state index is -0.0146. The Balaban J connectivity index is 2.88. The van der Waals surface area contributed by atoms with Crippen molar-refractivity contribution in [2.24, 2.45) is 5.73 Å². The van der Waals surface area contributed by atoms with E-state index < -0.39 is 0 Å². The normalized spacial score (nSPS) is 10.0. The van der Waals surface area contributed by atoms with Crippen LogP contribution in [0.4, 0.5) is 0 Å². The Labute approximate surface area is 120 Å². The summed E-state index contributed by atoms with van der Waals surface area (Å²) in [5.41, 5.74) is 8.46. The zero-order chi connectivity index (χ0) is 14.4. The topological polar surface area (TPSA) is 46.3 Å². The molecule has 0 spiro atoms. The molecule has 0 saturated heterocycles. The van der Waals surface area contributed by atoms with Gasteiger partial charge >= 0.3 is 0 Å². The molecule has 2 N–H and O–H groups in total. The van der Waals surface area contributed by atoms with Crippen molar-refractivity contribution < 1.29 is 4.79 Å². The summed E-state index contributed by atoms with van der Waals surface area (Å²) in [5, 5.41) is 0. The first kappa shape index (κ1) is 15.4. The van der Waals surface area contributed by atoms with Crippen LogP contribution >= 0.6 is 12.2 Å². The van der Waals surface area contributed by atoms with Crippen LogP contribution in [0.1, 0.15) is 27.9 Å². The summed E-state index contributed by atoms with van der Waals surface area (Å²) in [6.45, 7) is 8.72. The van der Waals surface area contributed by atoms with Crippen molar-refractivity contribution >= 4 is 23.1 Å². The van der Waals surface area contributed by atoms with Crippen LogP contribution in [0.15, 0.2) is 30.9 Å². The predicted octanol–water partition coefficient (Wildman–Crippen LogP) is 2.61. The summed E-state index contributed by atoms with van der Waals surface area (Å²) in [6, 6.07) is 5.72. The molecule has 0 saturated carbocycles. The van der Waals surface area contributed by atoms with Crippen molar-refractivity contribution in [1.29, 1.82) is 0 Å². The second kappa shape index (κ2) is 7.04. The fourth-order valence-electron chi connectivity index (χ4n) is 1.73. The van der Waals surface area contributed by atoms with Gasteiger partial charge in [0.25, 0.3) is 5.91 Å². The highest BCUT2D eigenvalue weighted by atomic mass is 32.1. The van der Waals surface area contributed by atoms with Crippen LogP contribution in [-0.4, -0.2) is 28.9 Å². The molecule has 0 atom stereocenters. The van der Waals surface area contributed by atoms with E-state index in [0.29, 0.717) is 30.1 Å². The molecule has 0 radical (unpaired) electrons. The quantitative estimate of drug-likeness (QED) is 0.642. The Hall–Kier alpha value is -1.68. The predicted molar refractivity (Wildman–Crippen MR) is 83.4 cm³/mol. The number of nitrogens with two attached hydrogens (primary N) is 1. The van der Waals surface area contributed by atoms with E-state index in [1.165, 1.54) is 5.56 Å². The molecule has 102 valence electrons. The van der Waals surface area contributed by atoms with Gasteiger partial charge in [0.2, 0.25) is 0 Å². The first-order valence-corrected chi connectivity index (χ1v) is 6.62. The van der Waals surface area contributed by atoms with E-state index in [-0.39, 0.29) is 5.91 Å². The van der Waals surface area contributed by atoms with Crippen LogP contribution in [0, 0.1) is 13.8 Å². The fraction of sp³-hybridized carbons (Fsp3) is 0.333. The van der Waals surface area contributed by atoms with Gasteiger partial charge in [0, 0.05) is 25.1 Å². The molecule has 1 amide bonds. The van der Waals surface area contributed by atoms with E-state index in [4.69, 9.17) is 18.0 Å². The van der Waals surface area contributed by atoms with E-state index >= 15 is 0 Å². The summed E-state index contributed by atoms with van der Waals surface area (Å²) >= 11 is 4.85. The highest BCUT2D eigenvalue weighted by Gasteiger charge is 2.15. The van der Waals surface area contributed by atoms with Crippen molar-refractivity contribution in [1.82, 2.24) is 4.90 Å². The van der Waals surface area contributed by atoms with Gasteiger partial charge in [-0.3, -0.25) is 4.79 Å². The first-order valence-electron chi connectivity index (χ1n) is 6.21. The maximum atomic E-state index is 12.4. The van der Waals surface area contributed by atoms with Crippen LogP contribution < -0.4 is 5.73 Å². The third kappa shape index (κ3) is 4.48. The molecule has 19 heavy (non-hydrogen) atoms. The summed E-state index contributed by atoms with van der Waals surface area (Å²) in [5.74, 6) is -0.0146. The maximum absolute atomic E-state index is 12.4. The van der Waals surface area contributed by atoms with Gasteiger partial charge in [-0.15, -0.1) is 6.58 Å². The smallest absolute Gasteiger partial charge is 0.254 e. The minimum absolute atomic E-state index is 0.0146. The molecule has 1 rings (SSSR count). The van der Waals surface area contributed by atoms with E-state index in [0.717, 1.165) is 5.56 Å². The van der Waals surface area contributed by atoms with E-state index in [2.05, 4.69) is 6.58 Å². The summed E-state index contributed by atoms with van der Waals surface area (Å²) < 4.78 is 0. The van der Waals surface area contributed by atoms with E-state index in [1.807, 2.05) is 32.0 Å². The zero-order valence-corrected chi connectivity index (χ0v) is 12.3. The van der Waals surface area contributed by atoms with Crippen LogP contribution in [0.2, 0.25) is 0 Å². The molecule has 0 bridgehead atoms. The molecule has 0 fully saturated rings. The van der Waals surface area contributed by atoms with Crippen LogP contribution in [-0.2, 0) is 0 Å². The van der Waals surface area contributed by atoms with Crippen molar-refractivity contribution in [2.45, 2.75) is 20.3 Å². The maximum Gasteiger partial charge on any atom is 0.254 e. The van der Waals surface area contributed by atoms with Crippen molar-refractivity contribution in [3.8, 4) is 0 Å². The Kier molecular flexibility index (Phi) is 5.70. The standard InChI is InChI=1S/C15H20N2OS/c1-4-8-17(9-7-14(16)19)15(18)13-6-5-11(2)12(3)10-13/h4-6,10H,1,7-9H2,2-3H3,(H2,16,19). The molecule has 1 aromatic carbocycles. The molecule has 0 aliphatic heterocycles. The summed E-state index contributed by atoms with van der Waals surface area (Å²) in [7, 11) is 0. The van der Waals surface area contributed by atoms with Crippen LogP contribution in [0.3, 0.4) is 0 Å². The lowest BCUT2D eigenvalue weighted by molar-refractivity contribution is 0.0778. The van der Waals surface area contributed by atoms with Gasteiger partial charge in [-0.25, -0.2) is 0 Å². The highest BCUT2D eigenvalue weighted by molar-refractivity contribution is 7.80. The summed E-state index contributed by atoms with van der Waals surface area (Å²) in [4.78, 5) is 14.5. The second-order valence-corrected chi connectivity index (χ2v) is 5.08. The molecular weight excluding hydrogens is 256 g/mol. The van der Waals surface area contributed by atoms with Gasteiger partial charge in [-0.05, 0) is 37.1 Å². The van der Waals surface area contributed by atoms with Gasteiger partial charge in [-0.1, -0.05) is 24.4 Å². The SMILES string of the molecule is C=CCN(CCC(N)=S)C(=O)c1ccc(C)c(C)c1. The van der Waals surface area contributed by atoms with Crippen molar-refractivity contribution in [3.05, 3.63) is 47.5 Å². The number of benzene rings is 1. The van der Waals surface area contributed by atoms with Gasteiger partial charge in [0.1, 0.15) is 0 Å². The van der Waals surface area contributed by atoms with E-state index in [1.54, 1.807) is 11.0 Å². The second-order valence-electron chi connectivity index (χ2n) is 4.56. The number of nitrogens with zero attached hydrogens (tertiary/aromatic N) is 1. The van der Waals surface area contributed by atoms with Crippen molar-refractivity contribution in [3.63, 3.8) is 0 Å². The number of carbonyl (C=O) groups is 1. The van der Waals surface area contributed by atoms with Gasteiger partial charge < -0.3 is 10.6 Å². The van der Waals surface area contributed by atoms with Gasteiger partial charge in [0.15, 0.2) is 0 Å². The lowest BCUT2D eigenvalue weighted by atomic mass is 10.1. The zero-order valence-electron chi connectivity index (χ0n) is 11.5. The number of rotatable bonds is 6. The molecule has 0 aromatic heterocycles. The molecule has 1 aromatic rings. The molecule has 4 heteroatoms. The largest absolute Gasteiger partial charge is 0.393 e. The fourth-order valence-corrected chi connectivity index (χ4v) is 1.83. The number of hydrogen-bond acceptors (Lipinski definition) is 2. The molecule has 0 aliphatic rings. The Morgan fingerprint density at radius 3 is 2.63 bits per heavy atom. The van der Waals surface area contributed by atoms with Gasteiger partial charge in [-0.2, -0.15) is 0 Å². The Morgan fingerprint density at radius 2 is 2.11 bits per heavy atom. The Morgan fingerprint density at radius 1 is 1.42 bits per heavy atom. The monoisotopic (exact) mass is 276 g/mol. The number of thiocarbonyl (C=S) groups is 1. The number of amides is 1. The van der Waals surface area contributed by atoms with Gasteiger partial charge in [0.05, 0.1) is 4.99 Å². The number of carbonyl (C=O) groups excluding carboxylic acids is 1. The average Bonchev–Trinajstić information content (AvgIpc) is 2.36. The Bertz CT molecular complexity index is 497. The number of aryl methyl sites for hydroxylation is 2. The lowest BCUT2D eigenvalue weighted by Crippen LogP contribution is -2.34. The first-order chi connectivity index (χ1) is 8.95. The molecule has 0 unspecified atom stereocenters. The molecular formula is C15H20N2OS. The highest BCUT2D eigenvalue weighted by Crippen LogP contribution is 2.12. The third-order valence-corrected chi connectivity index (χ3v) is 3.22.